The van der Waals surface area contributed by atoms with Gasteiger partial charge >= 0.3 is 6.09 Å². The zero-order chi connectivity index (χ0) is 19.4. The van der Waals surface area contributed by atoms with E-state index in [9.17, 15) is 9.18 Å². The van der Waals surface area contributed by atoms with Crippen LogP contribution in [-0.4, -0.2) is 32.6 Å². The molecule has 0 N–H and O–H groups in total. The Hall–Kier alpha value is -2.89. The number of hydrogen-bond acceptors (Lipinski definition) is 4. The largest absolute Gasteiger partial charge is 0.496 e. The first-order chi connectivity index (χ1) is 13.0. The van der Waals surface area contributed by atoms with Gasteiger partial charge in [-0.15, -0.1) is 0 Å². The van der Waals surface area contributed by atoms with E-state index in [1.807, 2.05) is 25.1 Å². The highest BCUT2D eigenvalue weighted by Crippen LogP contribution is 2.37. The van der Waals surface area contributed by atoms with Gasteiger partial charge in [-0.1, -0.05) is 6.07 Å². The number of ether oxygens (including phenoxy) is 2. The van der Waals surface area contributed by atoms with E-state index >= 15 is 0 Å². The third-order valence-corrected chi connectivity index (χ3v) is 4.79. The second-order valence-corrected chi connectivity index (χ2v) is 6.47. The van der Waals surface area contributed by atoms with Crippen LogP contribution in [0.1, 0.15) is 24.5 Å². The molecule has 142 valence electrons. The molecule has 0 bridgehead atoms. The van der Waals surface area contributed by atoms with Gasteiger partial charge in [-0.25, -0.2) is 9.18 Å². The molecule has 0 fully saturated rings. The fraction of sp³-hybridized carbons (Fsp3) is 0.333. The normalized spacial score (nSPS) is 16.3. The van der Waals surface area contributed by atoms with Crippen LogP contribution in [0.4, 0.5) is 20.6 Å². The highest BCUT2D eigenvalue weighted by atomic mass is 19.1. The van der Waals surface area contributed by atoms with Gasteiger partial charge in [0.25, 0.3) is 0 Å². The standard InChI is InChI=1S/C21H23FN2O3/c1-14-7-9-17-18(5-4-6-19(17)24(14)21(25)27-3)23-12-11-15-13-16(22)8-10-20(15)26-2/h4-6,8,10,12-14H,7,9,11H2,1-3H3. The Morgan fingerprint density at radius 3 is 2.89 bits per heavy atom. The second-order valence-electron chi connectivity index (χ2n) is 6.47. The summed E-state index contributed by atoms with van der Waals surface area (Å²) in [6.07, 6.45) is 3.50. The molecule has 1 amide bonds. The van der Waals surface area contributed by atoms with Gasteiger partial charge < -0.3 is 9.47 Å². The van der Waals surface area contributed by atoms with Gasteiger partial charge in [0, 0.05) is 29.8 Å². The van der Waals surface area contributed by atoms with E-state index in [-0.39, 0.29) is 18.0 Å². The first-order valence-corrected chi connectivity index (χ1v) is 8.89. The first kappa shape index (κ1) is 18.9. The highest BCUT2D eigenvalue weighted by molar-refractivity contribution is 5.91. The van der Waals surface area contributed by atoms with Gasteiger partial charge in [-0.05, 0) is 50.1 Å². The number of rotatable bonds is 4. The lowest BCUT2D eigenvalue weighted by atomic mass is 9.95. The summed E-state index contributed by atoms with van der Waals surface area (Å²) in [5, 5.41) is 0. The van der Waals surface area contributed by atoms with Crippen LogP contribution >= 0.6 is 0 Å². The van der Waals surface area contributed by atoms with Gasteiger partial charge in [-0.2, -0.15) is 0 Å². The topological polar surface area (TPSA) is 51.1 Å². The number of halogens is 1. The molecule has 1 heterocycles. The molecule has 1 aliphatic rings. The van der Waals surface area contributed by atoms with Crippen LogP contribution in [0.25, 0.3) is 0 Å². The molecule has 1 aliphatic heterocycles. The first-order valence-electron chi connectivity index (χ1n) is 8.89. The number of amides is 1. The number of anilines is 1. The van der Waals surface area contributed by atoms with Gasteiger partial charge in [0.1, 0.15) is 11.6 Å². The molecule has 1 unspecified atom stereocenters. The van der Waals surface area contributed by atoms with E-state index in [4.69, 9.17) is 9.47 Å². The molecule has 5 nitrogen and oxygen atoms in total. The maximum absolute atomic E-state index is 13.5. The van der Waals surface area contributed by atoms with Crippen molar-refractivity contribution in [3.05, 3.63) is 53.3 Å². The van der Waals surface area contributed by atoms with Gasteiger partial charge in [0.05, 0.1) is 25.6 Å². The molecular formula is C21H23FN2O3. The molecule has 0 aromatic heterocycles. The quantitative estimate of drug-likeness (QED) is 0.734. The van der Waals surface area contributed by atoms with Gasteiger partial charge in [0.2, 0.25) is 0 Å². The zero-order valence-corrected chi connectivity index (χ0v) is 15.7. The van der Waals surface area contributed by atoms with Crippen molar-refractivity contribution in [2.75, 3.05) is 19.1 Å². The van der Waals surface area contributed by atoms with Gasteiger partial charge in [-0.3, -0.25) is 9.89 Å². The van der Waals surface area contributed by atoms with Crippen molar-refractivity contribution in [3.63, 3.8) is 0 Å². The minimum atomic E-state index is -0.367. The van der Waals surface area contributed by atoms with Crippen molar-refractivity contribution < 1.29 is 18.7 Å². The van der Waals surface area contributed by atoms with Crippen LogP contribution in [0.3, 0.4) is 0 Å². The fourth-order valence-electron chi connectivity index (χ4n) is 3.41. The molecule has 0 aliphatic carbocycles. The van der Waals surface area contributed by atoms with Crippen molar-refractivity contribution in [3.8, 4) is 5.75 Å². The smallest absolute Gasteiger partial charge is 0.414 e. The number of carbonyl (C=O) groups excluding carboxylic acids is 1. The molecule has 2 aromatic rings. The third kappa shape index (κ3) is 3.94. The zero-order valence-electron chi connectivity index (χ0n) is 15.7. The van der Waals surface area contributed by atoms with Crippen molar-refractivity contribution >= 4 is 23.7 Å². The van der Waals surface area contributed by atoms with Crippen LogP contribution in [0, 0.1) is 5.82 Å². The van der Waals surface area contributed by atoms with E-state index in [2.05, 4.69) is 4.99 Å². The lowest BCUT2D eigenvalue weighted by Gasteiger charge is -2.34. The third-order valence-electron chi connectivity index (χ3n) is 4.79. The Balaban J connectivity index is 1.87. The lowest BCUT2D eigenvalue weighted by Crippen LogP contribution is -2.42. The van der Waals surface area contributed by atoms with E-state index in [0.717, 1.165) is 35.3 Å². The fourth-order valence-corrected chi connectivity index (χ4v) is 3.41. The van der Waals surface area contributed by atoms with Crippen LogP contribution < -0.4 is 9.64 Å². The molecule has 2 aromatic carbocycles. The molecule has 0 saturated heterocycles. The molecule has 0 saturated carbocycles. The summed E-state index contributed by atoms with van der Waals surface area (Å²) in [6.45, 7) is 2.01. The van der Waals surface area contributed by atoms with Crippen LogP contribution in [0.2, 0.25) is 0 Å². The number of hydrogen-bond donors (Lipinski definition) is 0. The summed E-state index contributed by atoms with van der Waals surface area (Å²) in [6, 6.07) is 10.2. The summed E-state index contributed by atoms with van der Waals surface area (Å²) in [4.78, 5) is 18.4. The number of aliphatic imine (C=N–C) groups is 1. The Labute approximate surface area is 158 Å². The van der Waals surface area contributed by atoms with Crippen LogP contribution in [0.15, 0.2) is 41.4 Å². The average Bonchev–Trinajstić information content (AvgIpc) is 2.67. The lowest BCUT2D eigenvalue weighted by molar-refractivity contribution is 0.175. The molecule has 0 radical (unpaired) electrons. The van der Waals surface area contributed by atoms with E-state index < -0.39 is 0 Å². The summed E-state index contributed by atoms with van der Waals surface area (Å²) in [7, 11) is 2.95. The predicted octanol–water partition coefficient (Wildman–Crippen LogP) is 4.69. The summed E-state index contributed by atoms with van der Waals surface area (Å²) in [5.41, 5.74) is 3.39. The summed E-state index contributed by atoms with van der Waals surface area (Å²) in [5.74, 6) is 0.322. The van der Waals surface area contributed by atoms with E-state index in [0.29, 0.717) is 12.2 Å². The van der Waals surface area contributed by atoms with Crippen LogP contribution in [0.5, 0.6) is 5.75 Å². The second kappa shape index (κ2) is 8.20. The summed E-state index contributed by atoms with van der Waals surface area (Å²) < 4.78 is 23.7. The van der Waals surface area contributed by atoms with Crippen LogP contribution in [-0.2, 0) is 17.6 Å². The maximum Gasteiger partial charge on any atom is 0.414 e. The van der Waals surface area contributed by atoms with Crippen molar-refractivity contribution in [2.24, 2.45) is 4.99 Å². The molecule has 27 heavy (non-hydrogen) atoms. The number of carbonyl (C=O) groups is 1. The Morgan fingerprint density at radius 2 is 2.15 bits per heavy atom. The Kier molecular flexibility index (Phi) is 5.74. The molecule has 6 heteroatoms. The average molecular weight is 370 g/mol. The molecule has 0 spiro atoms. The molecule has 3 rings (SSSR count). The molecular weight excluding hydrogens is 347 g/mol. The Bertz CT molecular complexity index is 867. The maximum atomic E-state index is 13.5. The van der Waals surface area contributed by atoms with Crippen molar-refractivity contribution in [2.45, 2.75) is 32.2 Å². The SMILES string of the molecule is COC(=O)N1c2cccc(N=CCc3cc(F)ccc3OC)c2CCC1C. The monoisotopic (exact) mass is 370 g/mol. The number of methoxy groups -OCH3 is 2. The number of fused-ring (bicyclic) bond motifs is 1. The summed E-state index contributed by atoms with van der Waals surface area (Å²) >= 11 is 0. The highest BCUT2D eigenvalue weighted by Gasteiger charge is 2.30. The van der Waals surface area contributed by atoms with Gasteiger partial charge in [0.15, 0.2) is 0 Å². The Morgan fingerprint density at radius 1 is 1.33 bits per heavy atom. The van der Waals surface area contributed by atoms with Crippen molar-refractivity contribution in [1.82, 2.24) is 0 Å². The minimum absolute atomic E-state index is 0.0701. The minimum Gasteiger partial charge on any atom is -0.496 e. The van der Waals surface area contributed by atoms with Crippen molar-refractivity contribution in [1.29, 1.82) is 0 Å². The molecule has 1 atom stereocenters. The number of benzene rings is 2. The predicted molar refractivity (Wildman–Crippen MR) is 104 cm³/mol. The van der Waals surface area contributed by atoms with E-state index in [1.165, 1.54) is 19.2 Å². The van der Waals surface area contributed by atoms with E-state index in [1.54, 1.807) is 24.3 Å². The number of nitrogens with zero attached hydrogens (tertiary/aromatic N) is 2.